The second kappa shape index (κ2) is 6.11. The number of hydrogen-bond acceptors (Lipinski definition) is 2. The van der Waals surface area contributed by atoms with Crippen molar-refractivity contribution >= 4 is 11.6 Å². The van der Waals surface area contributed by atoms with Gasteiger partial charge in [0.05, 0.1) is 11.8 Å². The van der Waals surface area contributed by atoms with E-state index in [1.165, 1.54) is 5.56 Å². The number of benzene rings is 1. The van der Waals surface area contributed by atoms with E-state index in [-0.39, 0.29) is 23.4 Å². The number of hydrogen-bond donors (Lipinski definition) is 0. The summed E-state index contributed by atoms with van der Waals surface area (Å²) in [7, 11) is 0. The van der Waals surface area contributed by atoms with Crippen LogP contribution in [0.4, 0.5) is 0 Å². The monoisotopic (exact) mass is 306 g/mol. The van der Waals surface area contributed by atoms with Crippen LogP contribution in [0.25, 0.3) is 0 Å². The number of ketones is 2. The maximum Gasteiger partial charge on any atom is 0.167 e. The molecule has 0 heterocycles. The first kappa shape index (κ1) is 15.7. The molecule has 0 amide bonds. The maximum absolute atomic E-state index is 12.8. The molecule has 118 valence electrons. The molecule has 23 heavy (non-hydrogen) atoms. The first-order valence-electron chi connectivity index (χ1n) is 8.21. The van der Waals surface area contributed by atoms with Crippen molar-refractivity contribution in [2.75, 3.05) is 0 Å². The molecule has 1 aromatic rings. The van der Waals surface area contributed by atoms with E-state index >= 15 is 0 Å². The first-order chi connectivity index (χ1) is 11.0. The van der Waals surface area contributed by atoms with E-state index in [1.54, 1.807) is 6.92 Å². The Kier molecular flexibility index (Phi) is 4.16. The molecule has 0 spiro atoms. The molecule has 0 aromatic heterocycles. The van der Waals surface area contributed by atoms with Gasteiger partial charge in [0.25, 0.3) is 0 Å². The molecule has 0 bridgehead atoms. The molecule has 2 nitrogen and oxygen atoms in total. The predicted octanol–water partition coefficient (Wildman–Crippen LogP) is 4.18. The fraction of sp³-hybridized carbons (Fsp3) is 0.333. The van der Waals surface area contributed by atoms with Crippen LogP contribution >= 0.6 is 0 Å². The minimum Gasteiger partial charge on any atom is -0.294 e. The van der Waals surface area contributed by atoms with Gasteiger partial charge in [-0.05, 0) is 29.5 Å². The van der Waals surface area contributed by atoms with E-state index in [9.17, 15) is 9.59 Å². The van der Waals surface area contributed by atoms with E-state index in [1.807, 2.05) is 24.3 Å². The molecular weight excluding hydrogens is 284 g/mol. The van der Waals surface area contributed by atoms with Crippen LogP contribution < -0.4 is 0 Å². The Balaban J connectivity index is 1.90. The fourth-order valence-electron chi connectivity index (χ4n) is 3.34. The summed E-state index contributed by atoms with van der Waals surface area (Å²) < 4.78 is 0. The lowest BCUT2D eigenvalue weighted by Gasteiger charge is -2.29. The molecule has 0 aliphatic heterocycles. The van der Waals surface area contributed by atoms with Crippen molar-refractivity contribution in [1.29, 1.82) is 0 Å². The lowest BCUT2D eigenvalue weighted by molar-refractivity contribution is -0.127. The molecule has 3 rings (SSSR count). The number of fused-ring (bicyclic) bond motifs is 1. The normalized spacial score (nSPS) is 23.7. The summed E-state index contributed by atoms with van der Waals surface area (Å²) in [4.78, 5) is 25.4. The van der Waals surface area contributed by atoms with E-state index < -0.39 is 0 Å². The average molecular weight is 306 g/mol. The molecule has 0 saturated heterocycles. The van der Waals surface area contributed by atoms with Crippen molar-refractivity contribution in [3.8, 4) is 0 Å². The third-order valence-electron chi connectivity index (χ3n) is 4.89. The number of Topliss-reactive ketones (excluding diaryl/α,β-unsaturated/α-hetero) is 2. The maximum atomic E-state index is 12.8. The zero-order valence-corrected chi connectivity index (χ0v) is 13.9. The molecule has 1 aromatic carbocycles. The highest BCUT2D eigenvalue weighted by Gasteiger charge is 2.39. The largest absolute Gasteiger partial charge is 0.294 e. The van der Waals surface area contributed by atoms with E-state index in [4.69, 9.17) is 0 Å². The standard InChI is InChI=1S/C21H22O2/c1-13(2)16-10-8-15(9-11-16)12-19-14(3)20(22)17-6-4-5-7-18(17)21(19)23/h4-11,13,17-18H,12H2,1-3H3. The number of rotatable bonds is 3. The van der Waals surface area contributed by atoms with Gasteiger partial charge >= 0.3 is 0 Å². The predicted molar refractivity (Wildman–Crippen MR) is 92.2 cm³/mol. The van der Waals surface area contributed by atoms with Crippen LogP contribution in [-0.2, 0) is 16.0 Å². The smallest absolute Gasteiger partial charge is 0.167 e. The van der Waals surface area contributed by atoms with Crippen LogP contribution in [0.3, 0.4) is 0 Å². The third-order valence-corrected chi connectivity index (χ3v) is 4.89. The number of allylic oxidation sites excluding steroid dienone is 6. The topological polar surface area (TPSA) is 34.1 Å². The van der Waals surface area contributed by atoms with E-state index in [2.05, 4.69) is 38.1 Å². The Labute approximate surface area is 137 Å². The average Bonchev–Trinajstić information content (AvgIpc) is 2.57. The Morgan fingerprint density at radius 2 is 1.48 bits per heavy atom. The Morgan fingerprint density at radius 1 is 0.913 bits per heavy atom. The van der Waals surface area contributed by atoms with Gasteiger partial charge in [0.15, 0.2) is 11.6 Å². The third kappa shape index (κ3) is 2.86. The lowest BCUT2D eigenvalue weighted by atomic mass is 9.71. The van der Waals surface area contributed by atoms with E-state index in [0.717, 1.165) is 5.56 Å². The Bertz CT molecular complexity index is 730. The van der Waals surface area contributed by atoms with Crippen LogP contribution in [0.2, 0.25) is 0 Å². The molecule has 0 radical (unpaired) electrons. The van der Waals surface area contributed by atoms with Gasteiger partial charge in [-0.2, -0.15) is 0 Å². The summed E-state index contributed by atoms with van der Waals surface area (Å²) in [6, 6.07) is 8.35. The Morgan fingerprint density at radius 3 is 2.04 bits per heavy atom. The molecule has 2 atom stereocenters. The van der Waals surface area contributed by atoms with Crippen molar-refractivity contribution < 1.29 is 9.59 Å². The van der Waals surface area contributed by atoms with Crippen molar-refractivity contribution in [3.63, 3.8) is 0 Å². The van der Waals surface area contributed by atoms with Crippen LogP contribution in [0, 0.1) is 11.8 Å². The lowest BCUT2D eigenvalue weighted by Crippen LogP contribution is -2.36. The highest BCUT2D eigenvalue weighted by Crippen LogP contribution is 2.34. The van der Waals surface area contributed by atoms with Crippen LogP contribution in [0.5, 0.6) is 0 Å². The van der Waals surface area contributed by atoms with Gasteiger partial charge in [-0.15, -0.1) is 0 Å². The second-order valence-electron chi connectivity index (χ2n) is 6.73. The number of carbonyl (C=O) groups excluding carboxylic acids is 2. The van der Waals surface area contributed by atoms with Crippen LogP contribution in [0.15, 0.2) is 59.7 Å². The summed E-state index contributed by atoms with van der Waals surface area (Å²) in [5.41, 5.74) is 3.67. The summed E-state index contributed by atoms with van der Waals surface area (Å²) in [5, 5.41) is 0. The highest BCUT2D eigenvalue weighted by molar-refractivity contribution is 6.15. The highest BCUT2D eigenvalue weighted by atomic mass is 16.1. The van der Waals surface area contributed by atoms with E-state index in [0.29, 0.717) is 23.5 Å². The van der Waals surface area contributed by atoms with Crippen molar-refractivity contribution in [3.05, 3.63) is 70.8 Å². The second-order valence-corrected chi connectivity index (χ2v) is 6.73. The Hall–Kier alpha value is -2.22. The first-order valence-corrected chi connectivity index (χ1v) is 8.21. The number of carbonyl (C=O) groups is 2. The molecule has 0 N–H and O–H groups in total. The van der Waals surface area contributed by atoms with Gasteiger partial charge in [0, 0.05) is 12.0 Å². The molecule has 0 fully saturated rings. The summed E-state index contributed by atoms with van der Waals surface area (Å²) >= 11 is 0. The van der Waals surface area contributed by atoms with Gasteiger partial charge in [-0.25, -0.2) is 0 Å². The molecule has 2 aliphatic carbocycles. The van der Waals surface area contributed by atoms with Crippen LogP contribution in [0.1, 0.15) is 37.8 Å². The zero-order valence-electron chi connectivity index (χ0n) is 13.9. The van der Waals surface area contributed by atoms with Crippen LogP contribution in [-0.4, -0.2) is 11.6 Å². The van der Waals surface area contributed by atoms with Gasteiger partial charge in [0.1, 0.15) is 0 Å². The van der Waals surface area contributed by atoms with Gasteiger partial charge in [0.2, 0.25) is 0 Å². The van der Waals surface area contributed by atoms with Crippen molar-refractivity contribution in [1.82, 2.24) is 0 Å². The van der Waals surface area contributed by atoms with Crippen molar-refractivity contribution in [2.45, 2.75) is 33.1 Å². The quantitative estimate of drug-likeness (QED) is 0.839. The van der Waals surface area contributed by atoms with Gasteiger partial charge in [-0.3, -0.25) is 9.59 Å². The SMILES string of the molecule is CC1=C(Cc2ccc(C(C)C)cc2)C(=O)C2C=CC=CC2C1=O. The molecular formula is C21H22O2. The molecule has 2 unspecified atom stereocenters. The summed E-state index contributed by atoms with van der Waals surface area (Å²) in [6.45, 7) is 6.11. The fourth-order valence-corrected chi connectivity index (χ4v) is 3.34. The molecule has 2 heteroatoms. The van der Waals surface area contributed by atoms with Gasteiger partial charge in [-0.1, -0.05) is 62.4 Å². The zero-order chi connectivity index (χ0) is 16.6. The summed E-state index contributed by atoms with van der Waals surface area (Å²) in [5.74, 6) is 0.0492. The molecule has 0 saturated carbocycles. The van der Waals surface area contributed by atoms with Gasteiger partial charge < -0.3 is 0 Å². The minimum atomic E-state index is -0.318. The minimum absolute atomic E-state index is 0.0870. The molecule has 2 aliphatic rings. The van der Waals surface area contributed by atoms with Crippen molar-refractivity contribution in [2.24, 2.45) is 11.8 Å². The summed E-state index contributed by atoms with van der Waals surface area (Å²) in [6.07, 6.45) is 7.97.